The standard InChI is InChI=1S/C32H54O4/c1-20(2)11-10-15-32(9,35)22-12-17-31(8)27(22)23(36-21(3)33)19-25-29(6)16-14-26(34)28(4,5)24(29)13-18-30(25,31)7/h11,22-27,34-35H,10,12-19H2,1-9H3/t22?,23-,24?,25?,26+,27?,29+,30-,31-,32+/m1/s1. The van der Waals surface area contributed by atoms with Gasteiger partial charge < -0.3 is 14.9 Å². The zero-order chi connectivity index (χ0) is 26.9. The van der Waals surface area contributed by atoms with Gasteiger partial charge in [-0.05, 0) is 118 Å². The van der Waals surface area contributed by atoms with Gasteiger partial charge in [0.15, 0.2) is 0 Å². The van der Waals surface area contributed by atoms with E-state index in [1.54, 1.807) is 6.92 Å². The molecule has 0 bridgehead atoms. The highest BCUT2D eigenvalue weighted by atomic mass is 16.5. The van der Waals surface area contributed by atoms with Crippen molar-refractivity contribution in [2.24, 2.45) is 45.3 Å². The van der Waals surface area contributed by atoms with E-state index in [-0.39, 0.29) is 51.7 Å². The lowest BCUT2D eigenvalue weighted by atomic mass is 9.35. The number of carbonyl (C=O) groups excluding carboxylic acids is 1. The molecule has 2 N–H and O–H groups in total. The number of hydrogen-bond donors (Lipinski definition) is 2. The van der Waals surface area contributed by atoms with Gasteiger partial charge in [0, 0.05) is 12.8 Å². The van der Waals surface area contributed by atoms with Gasteiger partial charge in [0.1, 0.15) is 6.10 Å². The maximum absolute atomic E-state index is 12.4. The summed E-state index contributed by atoms with van der Waals surface area (Å²) < 4.78 is 6.22. The zero-order valence-corrected chi connectivity index (χ0v) is 24.6. The zero-order valence-electron chi connectivity index (χ0n) is 24.6. The normalized spacial score (nSPS) is 47.1. The third kappa shape index (κ3) is 4.12. The van der Waals surface area contributed by atoms with E-state index in [2.05, 4.69) is 54.5 Å². The van der Waals surface area contributed by atoms with Crippen molar-refractivity contribution in [1.29, 1.82) is 0 Å². The average Bonchev–Trinajstić information content (AvgIpc) is 3.12. The summed E-state index contributed by atoms with van der Waals surface area (Å²) in [5, 5.41) is 22.8. The summed E-state index contributed by atoms with van der Waals surface area (Å²) in [6, 6.07) is 0. The van der Waals surface area contributed by atoms with Crippen molar-refractivity contribution in [3.8, 4) is 0 Å². The third-order valence-electron chi connectivity index (χ3n) is 12.7. The molecule has 0 heterocycles. The lowest BCUT2D eigenvalue weighted by Crippen LogP contribution is -2.67. The summed E-state index contributed by atoms with van der Waals surface area (Å²) in [5.41, 5.74) is 0.659. The van der Waals surface area contributed by atoms with Gasteiger partial charge in [-0.2, -0.15) is 0 Å². The molecule has 4 aliphatic rings. The Balaban J connectivity index is 1.74. The second-order valence-electron chi connectivity index (χ2n) is 15.1. The number of allylic oxidation sites excluding steroid dienone is 2. The quantitative estimate of drug-likeness (QED) is 0.312. The molecule has 4 nitrogen and oxygen atoms in total. The first kappa shape index (κ1) is 28.1. The Morgan fingerprint density at radius 1 is 0.972 bits per heavy atom. The Hall–Kier alpha value is -0.870. The number of aliphatic hydroxyl groups is 2. The molecule has 4 saturated carbocycles. The number of aliphatic hydroxyl groups excluding tert-OH is 1. The highest BCUT2D eigenvalue weighted by molar-refractivity contribution is 5.66. The maximum Gasteiger partial charge on any atom is 0.302 e. The minimum absolute atomic E-state index is 0.00931. The molecule has 10 atom stereocenters. The number of fused-ring (bicyclic) bond motifs is 5. The van der Waals surface area contributed by atoms with E-state index in [9.17, 15) is 15.0 Å². The molecule has 4 rings (SSSR count). The van der Waals surface area contributed by atoms with Crippen LogP contribution < -0.4 is 0 Å². The summed E-state index contributed by atoms with van der Waals surface area (Å²) in [6.45, 7) is 19.9. The first-order valence-corrected chi connectivity index (χ1v) is 14.7. The average molecular weight is 503 g/mol. The molecule has 4 unspecified atom stereocenters. The van der Waals surface area contributed by atoms with Crippen LogP contribution in [-0.2, 0) is 9.53 Å². The predicted molar refractivity (Wildman–Crippen MR) is 145 cm³/mol. The van der Waals surface area contributed by atoms with Crippen LogP contribution in [0.1, 0.15) is 120 Å². The molecule has 0 aromatic carbocycles. The van der Waals surface area contributed by atoms with Crippen LogP contribution in [0.3, 0.4) is 0 Å². The van der Waals surface area contributed by atoms with Crippen molar-refractivity contribution in [1.82, 2.24) is 0 Å². The van der Waals surface area contributed by atoms with E-state index in [0.29, 0.717) is 11.8 Å². The topological polar surface area (TPSA) is 66.8 Å². The molecular weight excluding hydrogens is 448 g/mol. The van der Waals surface area contributed by atoms with Gasteiger partial charge in [-0.25, -0.2) is 0 Å². The molecular formula is C32H54O4. The summed E-state index contributed by atoms with van der Waals surface area (Å²) in [7, 11) is 0. The molecule has 0 saturated heterocycles. The highest BCUT2D eigenvalue weighted by Crippen LogP contribution is 2.76. The fourth-order valence-corrected chi connectivity index (χ4v) is 10.6. The van der Waals surface area contributed by atoms with Crippen molar-refractivity contribution in [2.45, 2.75) is 138 Å². The summed E-state index contributed by atoms with van der Waals surface area (Å²) in [5.74, 6) is 1.01. The van der Waals surface area contributed by atoms with E-state index in [4.69, 9.17) is 4.74 Å². The van der Waals surface area contributed by atoms with Gasteiger partial charge in [0.25, 0.3) is 0 Å². The Bertz CT molecular complexity index is 885. The summed E-state index contributed by atoms with van der Waals surface area (Å²) in [6.07, 6.45) is 10.6. The van der Waals surface area contributed by atoms with E-state index in [1.165, 1.54) is 5.57 Å². The molecule has 0 spiro atoms. The molecule has 0 amide bonds. The first-order valence-electron chi connectivity index (χ1n) is 14.7. The van der Waals surface area contributed by atoms with Crippen LogP contribution in [0.4, 0.5) is 0 Å². The third-order valence-corrected chi connectivity index (χ3v) is 12.7. The van der Waals surface area contributed by atoms with Gasteiger partial charge in [0.05, 0.1) is 11.7 Å². The fourth-order valence-electron chi connectivity index (χ4n) is 10.6. The van der Waals surface area contributed by atoms with Crippen LogP contribution in [0.2, 0.25) is 0 Å². The van der Waals surface area contributed by atoms with Gasteiger partial charge in [-0.3, -0.25) is 4.79 Å². The van der Waals surface area contributed by atoms with Crippen LogP contribution in [0.25, 0.3) is 0 Å². The molecule has 0 aromatic heterocycles. The smallest absolute Gasteiger partial charge is 0.302 e. The number of hydrogen-bond acceptors (Lipinski definition) is 4. The minimum Gasteiger partial charge on any atom is -0.462 e. The highest BCUT2D eigenvalue weighted by Gasteiger charge is 2.71. The van der Waals surface area contributed by atoms with Crippen LogP contribution in [-0.4, -0.2) is 34.0 Å². The molecule has 206 valence electrons. The predicted octanol–water partition coefficient (Wildman–Crippen LogP) is 7.07. The Morgan fingerprint density at radius 3 is 2.22 bits per heavy atom. The molecule has 0 radical (unpaired) electrons. The largest absolute Gasteiger partial charge is 0.462 e. The van der Waals surface area contributed by atoms with Crippen molar-refractivity contribution in [3.05, 3.63) is 11.6 Å². The lowest BCUT2D eigenvalue weighted by Gasteiger charge is -2.70. The Kier molecular flexibility index (Phi) is 7.12. The van der Waals surface area contributed by atoms with Gasteiger partial charge in [0.2, 0.25) is 0 Å². The van der Waals surface area contributed by atoms with Gasteiger partial charge in [-0.15, -0.1) is 0 Å². The fraction of sp³-hybridized carbons (Fsp3) is 0.906. The first-order chi connectivity index (χ1) is 16.5. The second kappa shape index (κ2) is 9.11. The molecule has 4 heteroatoms. The summed E-state index contributed by atoms with van der Waals surface area (Å²) in [4.78, 5) is 12.4. The molecule has 0 aromatic rings. The lowest BCUT2D eigenvalue weighted by molar-refractivity contribution is -0.250. The number of esters is 1. The SMILES string of the molecule is CC(=O)O[C@@H]1CC2[C@@]3(C)CC[C@H](O)C(C)(C)C3CC[C@@]2(C)[C@]2(C)CCC([C@@](C)(O)CCC=C(C)C)C12. The monoisotopic (exact) mass is 502 g/mol. The molecule has 0 aliphatic heterocycles. The second-order valence-corrected chi connectivity index (χ2v) is 15.1. The van der Waals surface area contributed by atoms with E-state index in [0.717, 1.165) is 57.8 Å². The molecule has 36 heavy (non-hydrogen) atoms. The Morgan fingerprint density at radius 2 is 1.61 bits per heavy atom. The minimum atomic E-state index is -0.784. The van der Waals surface area contributed by atoms with Crippen molar-refractivity contribution >= 4 is 5.97 Å². The van der Waals surface area contributed by atoms with Crippen molar-refractivity contribution in [2.75, 3.05) is 0 Å². The van der Waals surface area contributed by atoms with Crippen LogP contribution in [0.5, 0.6) is 0 Å². The van der Waals surface area contributed by atoms with Crippen LogP contribution >= 0.6 is 0 Å². The number of carbonyl (C=O) groups is 1. The van der Waals surface area contributed by atoms with Crippen LogP contribution in [0.15, 0.2) is 11.6 Å². The van der Waals surface area contributed by atoms with Gasteiger partial charge >= 0.3 is 5.97 Å². The van der Waals surface area contributed by atoms with E-state index < -0.39 is 5.60 Å². The van der Waals surface area contributed by atoms with Crippen LogP contribution in [0, 0.1) is 45.3 Å². The number of rotatable bonds is 5. The van der Waals surface area contributed by atoms with Crippen molar-refractivity contribution in [3.63, 3.8) is 0 Å². The molecule has 4 aliphatic carbocycles. The molecule has 4 fully saturated rings. The van der Waals surface area contributed by atoms with E-state index in [1.807, 2.05) is 6.92 Å². The van der Waals surface area contributed by atoms with Gasteiger partial charge in [-0.1, -0.05) is 46.3 Å². The Labute approximate surface area is 220 Å². The maximum atomic E-state index is 12.4. The van der Waals surface area contributed by atoms with E-state index >= 15 is 0 Å². The summed E-state index contributed by atoms with van der Waals surface area (Å²) >= 11 is 0. The van der Waals surface area contributed by atoms with Crippen molar-refractivity contribution < 1.29 is 19.7 Å². The number of ether oxygens (including phenoxy) is 1.